The Kier molecular flexibility index (Phi) is 3.13. The number of halogens is 2. The Morgan fingerprint density at radius 2 is 2.14 bits per heavy atom. The van der Waals surface area contributed by atoms with Gasteiger partial charge in [0.15, 0.2) is 11.2 Å². The molecular formula is C13H10ClFN4O2. The second-order valence-electron chi connectivity index (χ2n) is 4.56. The molecule has 0 amide bonds. The van der Waals surface area contributed by atoms with Crippen molar-refractivity contribution in [3.05, 3.63) is 61.8 Å². The summed E-state index contributed by atoms with van der Waals surface area (Å²) >= 11 is 5.98. The van der Waals surface area contributed by atoms with Gasteiger partial charge >= 0.3 is 5.69 Å². The van der Waals surface area contributed by atoms with Gasteiger partial charge in [-0.2, -0.15) is 0 Å². The monoisotopic (exact) mass is 308 g/mol. The van der Waals surface area contributed by atoms with Crippen molar-refractivity contribution in [2.75, 3.05) is 0 Å². The van der Waals surface area contributed by atoms with Crippen LogP contribution in [0.2, 0.25) is 5.02 Å². The van der Waals surface area contributed by atoms with Gasteiger partial charge in [0.05, 0.1) is 12.9 Å². The number of rotatable bonds is 2. The maximum Gasteiger partial charge on any atom is 0.329 e. The summed E-state index contributed by atoms with van der Waals surface area (Å²) in [6, 6.07) is 4.36. The van der Waals surface area contributed by atoms with Gasteiger partial charge < -0.3 is 4.57 Å². The van der Waals surface area contributed by atoms with Crippen LogP contribution >= 0.6 is 11.6 Å². The summed E-state index contributed by atoms with van der Waals surface area (Å²) in [6.07, 6.45) is 1.38. The molecule has 0 aliphatic rings. The van der Waals surface area contributed by atoms with E-state index >= 15 is 0 Å². The highest BCUT2D eigenvalue weighted by Gasteiger charge is 2.14. The quantitative estimate of drug-likeness (QED) is 0.775. The third kappa shape index (κ3) is 2.15. The van der Waals surface area contributed by atoms with Gasteiger partial charge in [-0.1, -0.05) is 17.7 Å². The van der Waals surface area contributed by atoms with Gasteiger partial charge in [-0.25, -0.2) is 14.2 Å². The highest BCUT2D eigenvalue weighted by molar-refractivity contribution is 6.31. The van der Waals surface area contributed by atoms with Crippen LogP contribution < -0.4 is 11.2 Å². The lowest BCUT2D eigenvalue weighted by atomic mass is 10.2. The van der Waals surface area contributed by atoms with E-state index in [-0.39, 0.29) is 28.3 Å². The van der Waals surface area contributed by atoms with Gasteiger partial charge in [-0.3, -0.25) is 14.3 Å². The van der Waals surface area contributed by atoms with Crippen LogP contribution in [0.4, 0.5) is 4.39 Å². The van der Waals surface area contributed by atoms with Gasteiger partial charge in [-0.15, -0.1) is 0 Å². The van der Waals surface area contributed by atoms with E-state index in [0.29, 0.717) is 0 Å². The maximum absolute atomic E-state index is 13.8. The first kappa shape index (κ1) is 13.6. The molecule has 0 saturated heterocycles. The number of nitrogens with zero attached hydrogens (tertiary/aromatic N) is 3. The standard InChI is InChI=1S/C13H10ClFN4O2/c1-18-11-10(12(20)17-13(18)21)19(6-16-11)5-7-8(14)3-2-4-9(7)15/h2-4,6H,5H2,1H3,(H,17,20,21). The molecule has 0 aliphatic heterocycles. The van der Waals surface area contributed by atoms with Crippen LogP contribution in [-0.2, 0) is 13.6 Å². The fraction of sp³-hybridized carbons (Fsp3) is 0.154. The van der Waals surface area contributed by atoms with Crippen LogP contribution in [0.25, 0.3) is 11.2 Å². The number of hydrogen-bond donors (Lipinski definition) is 1. The van der Waals surface area contributed by atoms with Gasteiger partial charge in [0.25, 0.3) is 5.56 Å². The van der Waals surface area contributed by atoms with E-state index in [1.807, 2.05) is 0 Å². The molecule has 2 heterocycles. The SMILES string of the molecule is Cn1c(=O)[nH]c(=O)c2c1ncn2Cc1c(F)cccc1Cl. The lowest BCUT2D eigenvalue weighted by molar-refractivity contribution is 0.601. The molecule has 108 valence electrons. The van der Waals surface area contributed by atoms with E-state index in [2.05, 4.69) is 9.97 Å². The normalized spacial score (nSPS) is 11.2. The molecule has 0 atom stereocenters. The first-order chi connectivity index (χ1) is 9.99. The molecule has 3 rings (SSSR count). The minimum Gasteiger partial charge on any atom is -0.320 e. The summed E-state index contributed by atoms with van der Waals surface area (Å²) in [4.78, 5) is 29.7. The van der Waals surface area contributed by atoms with E-state index < -0.39 is 17.1 Å². The molecule has 0 spiro atoms. The first-order valence-electron chi connectivity index (χ1n) is 6.06. The van der Waals surface area contributed by atoms with Crippen LogP contribution in [0.3, 0.4) is 0 Å². The molecule has 2 aromatic heterocycles. The van der Waals surface area contributed by atoms with Crippen molar-refractivity contribution in [3.63, 3.8) is 0 Å². The topological polar surface area (TPSA) is 72.7 Å². The Morgan fingerprint density at radius 1 is 1.38 bits per heavy atom. The molecule has 1 N–H and O–H groups in total. The third-order valence-corrected chi connectivity index (χ3v) is 3.62. The van der Waals surface area contributed by atoms with Crippen molar-refractivity contribution in [2.45, 2.75) is 6.54 Å². The lowest BCUT2D eigenvalue weighted by Gasteiger charge is -2.07. The molecule has 1 aromatic carbocycles. The Balaban J connectivity index is 2.21. The van der Waals surface area contributed by atoms with Crippen LogP contribution in [-0.4, -0.2) is 19.1 Å². The molecule has 0 unspecified atom stereocenters. The fourth-order valence-electron chi connectivity index (χ4n) is 2.16. The zero-order valence-electron chi connectivity index (χ0n) is 10.9. The highest BCUT2D eigenvalue weighted by atomic mass is 35.5. The van der Waals surface area contributed by atoms with Crippen molar-refractivity contribution in [2.24, 2.45) is 7.05 Å². The molecule has 0 bridgehead atoms. The van der Waals surface area contributed by atoms with Gasteiger partial charge in [-0.05, 0) is 12.1 Å². The molecule has 0 aliphatic carbocycles. The van der Waals surface area contributed by atoms with Crippen molar-refractivity contribution in [1.82, 2.24) is 19.1 Å². The van der Waals surface area contributed by atoms with E-state index in [1.54, 1.807) is 6.07 Å². The number of aryl methyl sites for hydroxylation is 1. The zero-order valence-corrected chi connectivity index (χ0v) is 11.7. The third-order valence-electron chi connectivity index (χ3n) is 3.27. The Bertz CT molecular complexity index is 937. The number of hydrogen-bond acceptors (Lipinski definition) is 3. The van der Waals surface area contributed by atoms with Crippen molar-refractivity contribution >= 4 is 22.8 Å². The number of benzene rings is 1. The van der Waals surface area contributed by atoms with E-state index in [4.69, 9.17) is 11.6 Å². The van der Waals surface area contributed by atoms with E-state index in [1.165, 1.54) is 34.6 Å². The average Bonchev–Trinajstić information content (AvgIpc) is 2.85. The number of aromatic nitrogens is 4. The zero-order chi connectivity index (χ0) is 15.1. The van der Waals surface area contributed by atoms with Gasteiger partial charge in [0, 0.05) is 17.6 Å². The lowest BCUT2D eigenvalue weighted by Crippen LogP contribution is -2.29. The second kappa shape index (κ2) is 4.85. The van der Waals surface area contributed by atoms with Crippen LogP contribution in [0.5, 0.6) is 0 Å². The first-order valence-corrected chi connectivity index (χ1v) is 6.44. The number of imidazole rings is 1. The summed E-state index contributed by atoms with van der Waals surface area (Å²) < 4.78 is 16.5. The largest absolute Gasteiger partial charge is 0.329 e. The van der Waals surface area contributed by atoms with Crippen LogP contribution in [0.15, 0.2) is 34.1 Å². The summed E-state index contributed by atoms with van der Waals surface area (Å²) in [5.41, 5.74) is -0.445. The molecule has 6 nitrogen and oxygen atoms in total. The summed E-state index contributed by atoms with van der Waals surface area (Å²) in [6.45, 7) is 0.0449. The number of aromatic amines is 1. The predicted molar refractivity (Wildman–Crippen MR) is 76.1 cm³/mol. The van der Waals surface area contributed by atoms with E-state index in [0.717, 1.165) is 0 Å². The molecule has 0 saturated carbocycles. The van der Waals surface area contributed by atoms with Crippen molar-refractivity contribution in [3.8, 4) is 0 Å². The van der Waals surface area contributed by atoms with Gasteiger partial charge in [0.1, 0.15) is 5.82 Å². The van der Waals surface area contributed by atoms with Crippen molar-refractivity contribution in [1.29, 1.82) is 0 Å². The van der Waals surface area contributed by atoms with Gasteiger partial charge in [0.2, 0.25) is 0 Å². The number of fused-ring (bicyclic) bond motifs is 1. The molecule has 3 aromatic rings. The van der Waals surface area contributed by atoms with Crippen LogP contribution in [0.1, 0.15) is 5.56 Å². The molecule has 0 fully saturated rings. The maximum atomic E-state index is 13.8. The predicted octanol–water partition coefficient (Wildman–Crippen LogP) is 1.26. The molecule has 21 heavy (non-hydrogen) atoms. The minimum absolute atomic E-state index is 0.0449. The molecular weight excluding hydrogens is 299 g/mol. The summed E-state index contributed by atoms with van der Waals surface area (Å²) in [7, 11) is 1.49. The highest BCUT2D eigenvalue weighted by Crippen LogP contribution is 2.21. The Labute approximate surface area is 122 Å². The minimum atomic E-state index is -0.571. The molecule has 0 radical (unpaired) electrons. The van der Waals surface area contributed by atoms with Crippen molar-refractivity contribution < 1.29 is 4.39 Å². The fourth-order valence-corrected chi connectivity index (χ4v) is 2.38. The number of H-pyrrole nitrogens is 1. The number of nitrogens with one attached hydrogen (secondary N) is 1. The molecule has 8 heteroatoms. The Morgan fingerprint density at radius 3 is 2.86 bits per heavy atom. The average molecular weight is 309 g/mol. The summed E-state index contributed by atoms with van der Waals surface area (Å²) in [5.74, 6) is -0.467. The van der Waals surface area contributed by atoms with Crippen LogP contribution in [0, 0.1) is 5.82 Å². The second-order valence-corrected chi connectivity index (χ2v) is 4.97. The summed E-state index contributed by atoms with van der Waals surface area (Å²) in [5, 5.41) is 0.262. The Hall–Kier alpha value is -2.41. The smallest absolute Gasteiger partial charge is 0.320 e. The van der Waals surface area contributed by atoms with E-state index in [9.17, 15) is 14.0 Å².